The van der Waals surface area contributed by atoms with Crippen molar-refractivity contribution >= 4 is 169 Å². The molecule has 0 aliphatic heterocycles. The van der Waals surface area contributed by atoms with Crippen LogP contribution in [-0.2, 0) is 0 Å². The van der Waals surface area contributed by atoms with Gasteiger partial charge in [0.25, 0.3) is 0 Å². The fraction of sp³-hybridized carbons (Fsp3) is 0. The average molecular weight is 202 g/mol. The molecule has 0 saturated carbocycles. The second-order valence-electron chi connectivity index (χ2n) is 0. The van der Waals surface area contributed by atoms with E-state index in [1.54, 1.807) is 0 Å². The molecule has 0 atom stereocenters. The van der Waals surface area contributed by atoms with Crippen molar-refractivity contribution in [1.82, 2.24) is 0 Å². The van der Waals surface area contributed by atoms with E-state index in [1.807, 2.05) is 0 Å². The summed E-state index contributed by atoms with van der Waals surface area (Å²) in [4.78, 5) is 0. The van der Waals surface area contributed by atoms with Crippen LogP contribution in [0.15, 0.2) is 0 Å². The van der Waals surface area contributed by atoms with Gasteiger partial charge in [-0.15, -0.1) is 0 Å². The van der Waals surface area contributed by atoms with Crippen LogP contribution >= 0.6 is 0 Å². The molecule has 0 N–H and O–H groups in total. The van der Waals surface area contributed by atoms with E-state index in [4.69, 9.17) is 0 Å². The smallest absolute Gasteiger partial charge is 0 e. The molecule has 4 valence electrons. The van der Waals surface area contributed by atoms with Gasteiger partial charge in [0.1, 0.15) is 0 Å². The van der Waals surface area contributed by atoms with Crippen molar-refractivity contribution in [2.24, 2.45) is 0 Å². The van der Waals surface area contributed by atoms with Crippen molar-refractivity contribution < 1.29 is 0 Å². The molecule has 0 heterocycles. The number of hydrogen-bond donors (Lipinski definition) is 0. The van der Waals surface area contributed by atoms with Crippen molar-refractivity contribution in [3.8, 4) is 0 Å². The first kappa shape index (κ1) is 22.8. The molecule has 4 radical (unpaired) electrons. The minimum atomic E-state index is 0. The Hall–Kier alpha value is 5.29. The minimum Gasteiger partial charge on any atom is 0 e. The summed E-state index contributed by atoms with van der Waals surface area (Å²) in [5.74, 6) is 0. The molecule has 0 aromatic heterocycles. The Labute approximate surface area is 162 Å². The van der Waals surface area contributed by atoms with Gasteiger partial charge in [0, 0.05) is 169 Å². The molecule has 4 heteroatoms. The van der Waals surface area contributed by atoms with E-state index in [2.05, 4.69) is 0 Å². The van der Waals surface area contributed by atoms with Crippen LogP contribution in [0, 0.1) is 0 Å². The molecule has 0 spiro atoms. The first-order chi connectivity index (χ1) is 0. The third-order valence-corrected chi connectivity index (χ3v) is 0. The number of hydrogen-bond acceptors (Lipinski definition) is 0. The van der Waals surface area contributed by atoms with Gasteiger partial charge < -0.3 is 0 Å². The minimum absolute atomic E-state index is 0. The van der Waals surface area contributed by atoms with Gasteiger partial charge >= 0.3 is 0 Å². The summed E-state index contributed by atoms with van der Waals surface area (Å²) in [5.41, 5.74) is 0. The van der Waals surface area contributed by atoms with Gasteiger partial charge in [0.2, 0.25) is 0 Å². The van der Waals surface area contributed by atoms with Gasteiger partial charge in [-0.1, -0.05) is 0 Å². The van der Waals surface area contributed by atoms with Gasteiger partial charge in [-0.2, -0.15) is 0 Å². The normalized spacial score (nSPS) is 0. The van der Waals surface area contributed by atoms with E-state index in [9.17, 15) is 0 Å². The Morgan fingerprint density at radius 3 is 1.00 bits per heavy atom. The SMILES string of the molecule is [Cs].[K].[Li].[Na]. The molecule has 0 rings (SSSR count). The third kappa shape index (κ3) is 10.3. The fourth-order valence-electron chi connectivity index (χ4n) is 0. The zero-order valence-corrected chi connectivity index (χ0v) is 15.4. The maximum absolute atomic E-state index is 0. The van der Waals surface area contributed by atoms with Crippen molar-refractivity contribution in [2.75, 3.05) is 0 Å². The molecule has 4 heavy (non-hydrogen) atoms. The predicted molar refractivity (Wildman–Crippen MR) is 23.0 cm³/mol. The standard InChI is InChI=1S/Cs.K.Li.Na. The summed E-state index contributed by atoms with van der Waals surface area (Å²) in [6.45, 7) is 0. The first-order valence-corrected chi connectivity index (χ1v) is 0. The van der Waals surface area contributed by atoms with E-state index in [1.165, 1.54) is 0 Å². The van der Waals surface area contributed by atoms with Crippen molar-refractivity contribution in [2.45, 2.75) is 0 Å². The van der Waals surface area contributed by atoms with E-state index in [-0.39, 0.29) is 169 Å². The topological polar surface area (TPSA) is 0 Å². The summed E-state index contributed by atoms with van der Waals surface area (Å²) in [6.07, 6.45) is 0. The van der Waals surface area contributed by atoms with E-state index in [0.29, 0.717) is 0 Å². The fourth-order valence-corrected chi connectivity index (χ4v) is 0. The van der Waals surface area contributed by atoms with Crippen molar-refractivity contribution in [3.63, 3.8) is 0 Å². The third-order valence-electron chi connectivity index (χ3n) is 0. The summed E-state index contributed by atoms with van der Waals surface area (Å²) in [5, 5.41) is 0. The van der Waals surface area contributed by atoms with Gasteiger partial charge in [-0.05, 0) is 0 Å². The molecule has 0 nitrogen and oxygen atoms in total. The maximum atomic E-state index is 0. The van der Waals surface area contributed by atoms with Gasteiger partial charge in [-0.3, -0.25) is 0 Å². The van der Waals surface area contributed by atoms with Crippen molar-refractivity contribution in [1.29, 1.82) is 0 Å². The zero-order chi connectivity index (χ0) is 0. The Morgan fingerprint density at radius 2 is 1.00 bits per heavy atom. The van der Waals surface area contributed by atoms with Crippen LogP contribution in [0.1, 0.15) is 0 Å². The van der Waals surface area contributed by atoms with E-state index in [0.717, 1.165) is 0 Å². The van der Waals surface area contributed by atoms with Crippen LogP contribution in [0.3, 0.4) is 0 Å². The van der Waals surface area contributed by atoms with Gasteiger partial charge in [0.15, 0.2) is 0 Å². The molecule has 0 unspecified atom stereocenters. The second-order valence-corrected chi connectivity index (χ2v) is 0. The van der Waals surface area contributed by atoms with Crippen LogP contribution in [0.4, 0.5) is 0 Å². The second kappa shape index (κ2) is 15.7. The molecule has 0 aliphatic carbocycles. The maximum Gasteiger partial charge on any atom is 0 e. The molecule has 0 aliphatic rings. The quantitative estimate of drug-likeness (QED) is 0.418. The average Bonchev–Trinajstić information content (AvgIpc) is 0. The Balaban J connectivity index is 0. The predicted octanol–water partition coefficient (Wildman–Crippen LogP) is -1.52. The van der Waals surface area contributed by atoms with Crippen LogP contribution in [0.5, 0.6) is 0 Å². The molecule has 0 bridgehead atoms. The summed E-state index contributed by atoms with van der Waals surface area (Å²) in [7, 11) is 0. The van der Waals surface area contributed by atoms with Crippen LogP contribution in [0.25, 0.3) is 0 Å². The van der Waals surface area contributed by atoms with E-state index < -0.39 is 0 Å². The van der Waals surface area contributed by atoms with Crippen LogP contribution < -0.4 is 0 Å². The number of rotatable bonds is 0. The molecular weight excluding hydrogens is 202 g/mol. The molecule has 0 fully saturated rings. The Kier molecular flexibility index (Phi) is 89.8. The van der Waals surface area contributed by atoms with Crippen LogP contribution in [-0.4, -0.2) is 169 Å². The molecule has 0 saturated heterocycles. The largest absolute Gasteiger partial charge is 0 e. The summed E-state index contributed by atoms with van der Waals surface area (Å²) >= 11 is 0. The van der Waals surface area contributed by atoms with Crippen molar-refractivity contribution in [3.05, 3.63) is 0 Å². The first-order valence-electron chi connectivity index (χ1n) is 0. The van der Waals surface area contributed by atoms with Crippen LogP contribution in [0.2, 0.25) is 0 Å². The molecular formula is CsKLiNa. The Morgan fingerprint density at radius 1 is 1.00 bits per heavy atom. The monoisotopic (exact) mass is 202 g/mol. The van der Waals surface area contributed by atoms with E-state index >= 15 is 0 Å². The van der Waals surface area contributed by atoms with Gasteiger partial charge in [0.05, 0.1) is 0 Å². The molecule has 0 aromatic carbocycles. The van der Waals surface area contributed by atoms with Gasteiger partial charge in [-0.25, -0.2) is 0 Å². The summed E-state index contributed by atoms with van der Waals surface area (Å²) < 4.78 is 0. The molecule has 0 amide bonds. The summed E-state index contributed by atoms with van der Waals surface area (Å²) in [6, 6.07) is 0. The Bertz CT molecular complexity index is 8.00. The zero-order valence-electron chi connectivity index (χ0n) is 4.00. The molecule has 0 aromatic rings.